The van der Waals surface area contributed by atoms with Gasteiger partial charge in [-0.2, -0.15) is 0 Å². The lowest BCUT2D eigenvalue weighted by atomic mass is 9.99. The first-order valence-electron chi connectivity index (χ1n) is 12.0. The smallest absolute Gasteiger partial charge is 0.187 e. The van der Waals surface area contributed by atoms with Gasteiger partial charge in [0.15, 0.2) is 47.9 Å². The van der Waals surface area contributed by atoms with Crippen LogP contribution in [0.2, 0.25) is 98.2 Å². The molecule has 0 aromatic carbocycles. The van der Waals surface area contributed by atoms with Gasteiger partial charge in [0.05, 0.1) is 6.61 Å². The van der Waals surface area contributed by atoms with Crippen molar-refractivity contribution >= 4 is 41.6 Å². The summed E-state index contributed by atoms with van der Waals surface area (Å²) in [6.45, 7) is 33.6. The molecule has 192 valence electrons. The Balaban J connectivity index is 3.50. The zero-order chi connectivity index (χ0) is 25.3. The van der Waals surface area contributed by atoms with Gasteiger partial charge in [-0.05, 0) is 98.2 Å². The average molecular weight is 541 g/mol. The molecule has 0 bridgehead atoms. The molecular formula is C21H52O6Si5. The molecule has 1 heterocycles. The van der Waals surface area contributed by atoms with Crippen molar-refractivity contribution in [2.24, 2.45) is 0 Å². The third-order valence-corrected chi connectivity index (χ3v) is 9.12. The van der Waals surface area contributed by atoms with E-state index in [1.54, 1.807) is 0 Å². The van der Waals surface area contributed by atoms with Crippen LogP contribution in [0.1, 0.15) is 0 Å². The van der Waals surface area contributed by atoms with Crippen molar-refractivity contribution in [2.45, 2.75) is 129 Å². The normalized spacial score (nSPS) is 28.8. The van der Waals surface area contributed by atoms with Crippen LogP contribution in [0.5, 0.6) is 0 Å². The Bertz CT molecular complexity index is 586. The van der Waals surface area contributed by atoms with Gasteiger partial charge in [-0.15, -0.1) is 0 Å². The second kappa shape index (κ2) is 10.8. The van der Waals surface area contributed by atoms with Crippen molar-refractivity contribution in [3.8, 4) is 0 Å². The van der Waals surface area contributed by atoms with Crippen molar-refractivity contribution < 1.29 is 26.9 Å². The van der Waals surface area contributed by atoms with E-state index in [1.807, 2.05) is 0 Å². The summed E-state index contributed by atoms with van der Waals surface area (Å²) in [7, 11) is -9.37. The first-order chi connectivity index (χ1) is 14.0. The predicted molar refractivity (Wildman–Crippen MR) is 147 cm³/mol. The molecule has 0 N–H and O–H groups in total. The molecule has 0 radical (unpaired) electrons. The minimum atomic E-state index is -1.92. The summed E-state index contributed by atoms with van der Waals surface area (Å²) in [5.41, 5.74) is 0. The van der Waals surface area contributed by atoms with Gasteiger partial charge in [0.25, 0.3) is 0 Å². The summed E-state index contributed by atoms with van der Waals surface area (Å²) < 4.78 is 39.9. The van der Waals surface area contributed by atoms with Crippen LogP contribution in [-0.2, 0) is 26.9 Å². The van der Waals surface area contributed by atoms with Crippen molar-refractivity contribution in [3.63, 3.8) is 0 Å². The largest absolute Gasteiger partial charge is 0.415 e. The molecule has 1 aliphatic rings. The van der Waals surface area contributed by atoms with E-state index in [-0.39, 0.29) is 24.4 Å². The van der Waals surface area contributed by atoms with E-state index in [4.69, 9.17) is 26.9 Å². The Morgan fingerprint density at radius 1 is 0.469 bits per heavy atom. The van der Waals surface area contributed by atoms with Crippen molar-refractivity contribution in [1.82, 2.24) is 0 Å². The summed E-state index contributed by atoms with van der Waals surface area (Å²) in [4.78, 5) is 0. The fourth-order valence-electron chi connectivity index (χ4n) is 3.41. The molecule has 0 amide bonds. The van der Waals surface area contributed by atoms with E-state index >= 15 is 0 Å². The molecule has 0 aromatic rings. The van der Waals surface area contributed by atoms with Gasteiger partial charge < -0.3 is 26.9 Å². The summed E-state index contributed by atoms with van der Waals surface area (Å²) in [5, 5.41) is 0. The van der Waals surface area contributed by atoms with E-state index in [2.05, 4.69) is 98.2 Å². The highest BCUT2D eigenvalue weighted by Gasteiger charge is 2.52. The Labute approximate surface area is 203 Å². The Morgan fingerprint density at radius 2 is 0.844 bits per heavy atom. The van der Waals surface area contributed by atoms with Gasteiger partial charge in [0, 0.05) is 0 Å². The third kappa shape index (κ3) is 12.5. The van der Waals surface area contributed by atoms with Crippen LogP contribution in [0, 0.1) is 0 Å². The van der Waals surface area contributed by atoms with Crippen LogP contribution in [-0.4, -0.2) is 78.9 Å². The number of hydrogen-bond donors (Lipinski definition) is 0. The predicted octanol–water partition coefficient (Wildman–Crippen LogP) is 6.07. The standard InChI is InChI=1S/C21H52O6Si5/c1-28(2,3)22-16-17-18(24-29(4,5)6)19(25-30(7,8)9)20(26-31(10,11)12)21(23-17)27-32(13,14)15/h17-21H,16H2,1-15H3/t17?,18-,19?,20?,21-/m1/s1. The lowest BCUT2D eigenvalue weighted by Gasteiger charge is -2.51. The molecule has 1 rings (SSSR count). The van der Waals surface area contributed by atoms with E-state index in [0.717, 1.165) is 0 Å². The minimum absolute atomic E-state index is 0.243. The molecule has 1 fully saturated rings. The molecule has 1 aliphatic heterocycles. The van der Waals surface area contributed by atoms with Gasteiger partial charge in [-0.3, -0.25) is 0 Å². The number of ether oxygens (including phenoxy) is 1. The third-order valence-electron chi connectivity index (χ3n) is 4.21. The highest BCUT2D eigenvalue weighted by Crippen LogP contribution is 2.35. The molecule has 6 nitrogen and oxygen atoms in total. The van der Waals surface area contributed by atoms with Crippen LogP contribution in [0.3, 0.4) is 0 Å². The topological polar surface area (TPSA) is 55.4 Å². The molecule has 0 saturated carbocycles. The van der Waals surface area contributed by atoms with Crippen molar-refractivity contribution in [2.75, 3.05) is 6.61 Å². The molecule has 32 heavy (non-hydrogen) atoms. The van der Waals surface area contributed by atoms with Crippen molar-refractivity contribution in [1.29, 1.82) is 0 Å². The van der Waals surface area contributed by atoms with E-state index < -0.39 is 47.9 Å². The fraction of sp³-hybridized carbons (Fsp3) is 1.00. The first-order valence-corrected chi connectivity index (χ1v) is 29.0. The van der Waals surface area contributed by atoms with Crippen LogP contribution < -0.4 is 0 Å². The van der Waals surface area contributed by atoms with E-state index in [1.165, 1.54) is 0 Å². The van der Waals surface area contributed by atoms with Crippen LogP contribution in [0.25, 0.3) is 0 Å². The van der Waals surface area contributed by atoms with Gasteiger partial charge in [-0.25, -0.2) is 0 Å². The Hall–Kier alpha value is 0.844. The van der Waals surface area contributed by atoms with Crippen molar-refractivity contribution in [3.05, 3.63) is 0 Å². The molecule has 0 aliphatic carbocycles. The minimum Gasteiger partial charge on any atom is -0.415 e. The van der Waals surface area contributed by atoms with Crippen LogP contribution in [0.15, 0.2) is 0 Å². The first kappa shape index (κ1) is 30.9. The van der Waals surface area contributed by atoms with E-state index in [9.17, 15) is 0 Å². The second-order valence-corrected chi connectivity index (χ2v) is 36.1. The monoisotopic (exact) mass is 540 g/mol. The second-order valence-electron chi connectivity index (χ2n) is 13.8. The summed E-state index contributed by atoms with van der Waals surface area (Å²) >= 11 is 0. The highest BCUT2D eigenvalue weighted by atomic mass is 28.4. The number of rotatable bonds is 11. The fourth-order valence-corrected chi connectivity index (χ4v) is 8.21. The van der Waals surface area contributed by atoms with Gasteiger partial charge >= 0.3 is 0 Å². The zero-order valence-corrected chi connectivity index (χ0v) is 28.5. The summed E-state index contributed by atoms with van der Waals surface area (Å²) in [6.07, 6.45) is -1.54. The zero-order valence-electron chi connectivity index (χ0n) is 23.5. The molecule has 0 spiro atoms. The average Bonchev–Trinajstić information content (AvgIpc) is 2.45. The maximum absolute atomic E-state index is 6.85. The maximum atomic E-state index is 6.85. The lowest BCUT2D eigenvalue weighted by Crippen LogP contribution is -2.67. The SMILES string of the molecule is C[Si](C)(C)OCC1O[C@H](O[Si](C)(C)C)C(O[Si](C)(C)C)C(O[Si](C)(C)C)[C@@H]1O[Si](C)(C)C. The molecule has 0 aromatic heterocycles. The lowest BCUT2D eigenvalue weighted by molar-refractivity contribution is -0.268. The molecule has 5 atom stereocenters. The number of hydrogen-bond acceptors (Lipinski definition) is 6. The van der Waals surface area contributed by atoms with Crippen LogP contribution >= 0.6 is 0 Å². The quantitative estimate of drug-likeness (QED) is 0.296. The molecule has 1 saturated heterocycles. The molecule has 11 heteroatoms. The van der Waals surface area contributed by atoms with Crippen LogP contribution in [0.4, 0.5) is 0 Å². The van der Waals surface area contributed by atoms with Gasteiger partial charge in [0.1, 0.15) is 24.4 Å². The van der Waals surface area contributed by atoms with Gasteiger partial charge in [-0.1, -0.05) is 0 Å². The highest BCUT2D eigenvalue weighted by molar-refractivity contribution is 6.71. The Kier molecular flexibility index (Phi) is 10.5. The van der Waals surface area contributed by atoms with E-state index in [0.29, 0.717) is 6.61 Å². The van der Waals surface area contributed by atoms with Gasteiger partial charge in [0.2, 0.25) is 0 Å². The molecular weight excluding hydrogens is 489 g/mol. The summed E-state index contributed by atoms with van der Waals surface area (Å²) in [6, 6.07) is 0. The summed E-state index contributed by atoms with van der Waals surface area (Å²) in [5.74, 6) is 0. The maximum Gasteiger partial charge on any atom is 0.187 e. The Morgan fingerprint density at radius 3 is 1.22 bits per heavy atom. The molecule has 3 unspecified atom stereocenters.